The van der Waals surface area contributed by atoms with Crippen molar-refractivity contribution in [3.05, 3.63) is 30.1 Å². The predicted molar refractivity (Wildman–Crippen MR) is 65.9 cm³/mol. The van der Waals surface area contributed by atoms with Crippen molar-refractivity contribution in [2.45, 2.75) is 19.4 Å². The molecular formula is C13H20FNO2. The van der Waals surface area contributed by atoms with Gasteiger partial charge in [0.2, 0.25) is 0 Å². The SMILES string of the molecule is COCCCNCC(C)Oc1ccc(F)cc1. The van der Waals surface area contributed by atoms with Gasteiger partial charge in [0.15, 0.2) is 0 Å². The highest BCUT2D eigenvalue weighted by Gasteiger charge is 2.03. The van der Waals surface area contributed by atoms with Gasteiger partial charge in [0.1, 0.15) is 17.7 Å². The van der Waals surface area contributed by atoms with Crippen LogP contribution in [0.2, 0.25) is 0 Å². The standard InChI is InChI=1S/C13H20FNO2/c1-11(10-15-8-3-9-16-2)17-13-6-4-12(14)5-7-13/h4-7,11,15H,3,8-10H2,1-2H3. The lowest BCUT2D eigenvalue weighted by molar-refractivity contribution is 0.188. The Bertz CT molecular complexity index is 303. The zero-order chi connectivity index (χ0) is 12.5. The van der Waals surface area contributed by atoms with Gasteiger partial charge >= 0.3 is 0 Å². The van der Waals surface area contributed by atoms with E-state index in [1.807, 2.05) is 6.92 Å². The Morgan fingerprint density at radius 2 is 2.00 bits per heavy atom. The molecule has 0 bridgehead atoms. The Kier molecular flexibility index (Phi) is 6.58. The van der Waals surface area contributed by atoms with Crippen molar-refractivity contribution in [2.24, 2.45) is 0 Å². The van der Waals surface area contributed by atoms with Gasteiger partial charge in [-0.1, -0.05) is 0 Å². The first-order valence-corrected chi connectivity index (χ1v) is 5.84. The van der Waals surface area contributed by atoms with Gasteiger partial charge in [-0.05, 0) is 44.2 Å². The maximum Gasteiger partial charge on any atom is 0.123 e. The summed E-state index contributed by atoms with van der Waals surface area (Å²) in [6, 6.07) is 6.07. The minimum Gasteiger partial charge on any atom is -0.489 e. The van der Waals surface area contributed by atoms with Crippen LogP contribution in [0.4, 0.5) is 4.39 Å². The monoisotopic (exact) mass is 241 g/mol. The summed E-state index contributed by atoms with van der Waals surface area (Å²) in [6.45, 7) is 4.42. The minimum atomic E-state index is -0.248. The molecule has 0 fully saturated rings. The van der Waals surface area contributed by atoms with E-state index >= 15 is 0 Å². The Morgan fingerprint density at radius 1 is 1.29 bits per heavy atom. The van der Waals surface area contributed by atoms with Crippen LogP contribution < -0.4 is 10.1 Å². The predicted octanol–water partition coefficient (Wildman–Crippen LogP) is 2.22. The zero-order valence-electron chi connectivity index (χ0n) is 10.4. The molecule has 0 spiro atoms. The Labute approximate surface area is 102 Å². The van der Waals surface area contributed by atoms with E-state index in [1.165, 1.54) is 12.1 Å². The van der Waals surface area contributed by atoms with Crippen molar-refractivity contribution >= 4 is 0 Å². The highest BCUT2D eigenvalue weighted by Crippen LogP contribution is 2.12. The smallest absolute Gasteiger partial charge is 0.123 e. The van der Waals surface area contributed by atoms with Gasteiger partial charge < -0.3 is 14.8 Å². The fourth-order valence-corrected chi connectivity index (χ4v) is 1.43. The molecule has 0 heterocycles. The molecule has 1 unspecified atom stereocenters. The van der Waals surface area contributed by atoms with Gasteiger partial charge in [0, 0.05) is 20.3 Å². The molecule has 17 heavy (non-hydrogen) atoms. The summed E-state index contributed by atoms with van der Waals surface area (Å²) < 4.78 is 23.2. The van der Waals surface area contributed by atoms with Crippen LogP contribution in [0.5, 0.6) is 5.75 Å². The van der Waals surface area contributed by atoms with Crippen LogP contribution in [-0.4, -0.2) is 32.9 Å². The number of rotatable bonds is 8. The molecule has 0 saturated carbocycles. The summed E-state index contributed by atoms with van der Waals surface area (Å²) in [6.07, 6.45) is 1.04. The first-order chi connectivity index (χ1) is 8.22. The molecule has 0 radical (unpaired) electrons. The molecule has 0 aliphatic carbocycles. The van der Waals surface area contributed by atoms with Gasteiger partial charge in [-0.25, -0.2) is 4.39 Å². The molecule has 0 amide bonds. The van der Waals surface area contributed by atoms with Crippen molar-refractivity contribution < 1.29 is 13.9 Å². The van der Waals surface area contributed by atoms with Gasteiger partial charge in [-0.15, -0.1) is 0 Å². The number of ether oxygens (including phenoxy) is 2. The first kappa shape index (κ1) is 13.9. The first-order valence-electron chi connectivity index (χ1n) is 5.84. The molecule has 1 aromatic rings. The molecule has 0 aliphatic heterocycles. The van der Waals surface area contributed by atoms with Crippen molar-refractivity contribution in [3.63, 3.8) is 0 Å². The van der Waals surface area contributed by atoms with E-state index in [1.54, 1.807) is 19.2 Å². The molecule has 1 rings (SSSR count). The van der Waals surface area contributed by atoms with Gasteiger partial charge in [-0.3, -0.25) is 0 Å². The van der Waals surface area contributed by atoms with Gasteiger partial charge in [-0.2, -0.15) is 0 Å². The molecule has 1 aromatic carbocycles. The lowest BCUT2D eigenvalue weighted by Crippen LogP contribution is -2.30. The molecule has 0 aromatic heterocycles. The topological polar surface area (TPSA) is 30.5 Å². The van der Waals surface area contributed by atoms with Crippen LogP contribution in [0, 0.1) is 5.82 Å². The number of benzene rings is 1. The Hall–Kier alpha value is -1.13. The third-order valence-corrected chi connectivity index (χ3v) is 2.28. The number of halogens is 1. The molecule has 0 aliphatic rings. The second-order valence-corrected chi connectivity index (χ2v) is 3.93. The van der Waals surface area contributed by atoms with Crippen LogP contribution in [-0.2, 0) is 4.74 Å². The number of methoxy groups -OCH3 is 1. The van der Waals surface area contributed by atoms with E-state index in [0.29, 0.717) is 5.75 Å². The third-order valence-electron chi connectivity index (χ3n) is 2.28. The van der Waals surface area contributed by atoms with Gasteiger partial charge in [0.25, 0.3) is 0 Å². The van der Waals surface area contributed by atoms with Crippen molar-refractivity contribution in [3.8, 4) is 5.75 Å². The van der Waals surface area contributed by atoms with Crippen molar-refractivity contribution in [1.82, 2.24) is 5.32 Å². The molecular weight excluding hydrogens is 221 g/mol. The average Bonchev–Trinajstić information content (AvgIpc) is 2.32. The van der Waals surface area contributed by atoms with E-state index in [9.17, 15) is 4.39 Å². The fourth-order valence-electron chi connectivity index (χ4n) is 1.43. The second kappa shape index (κ2) is 8.03. The summed E-state index contributed by atoms with van der Waals surface area (Å²) in [5, 5.41) is 3.27. The van der Waals surface area contributed by atoms with Crippen LogP contribution in [0.3, 0.4) is 0 Å². The van der Waals surface area contributed by atoms with Gasteiger partial charge in [0.05, 0.1) is 0 Å². The number of hydrogen-bond acceptors (Lipinski definition) is 3. The third kappa shape index (κ3) is 6.24. The molecule has 1 N–H and O–H groups in total. The maximum absolute atomic E-state index is 12.7. The lowest BCUT2D eigenvalue weighted by Gasteiger charge is -2.15. The van der Waals surface area contributed by atoms with Crippen LogP contribution in [0.15, 0.2) is 24.3 Å². The summed E-state index contributed by atoms with van der Waals surface area (Å²) in [5.74, 6) is 0.445. The molecule has 96 valence electrons. The van der Waals surface area contributed by atoms with Crippen LogP contribution >= 0.6 is 0 Å². The zero-order valence-corrected chi connectivity index (χ0v) is 10.4. The van der Waals surface area contributed by atoms with Crippen LogP contribution in [0.25, 0.3) is 0 Å². The Morgan fingerprint density at radius 3 is 2.65 bits per heavy atom. The van der Waals surface area contributed by atoms with Crippen molar-refractivity contribution in [2.75, 3.05) is 26.8 Å². The number of nitrogens with one attached hydrogen (secondary N) is 1. The highest BCUT2D eigenvalue weighted by molar-refractivity contribution is 5.22. The Balaban J connectivity index is 2.16. The quantitative estimate of drug-likeness (QED) is 0.708. The average molecular weight is 241 g/mol. The lowest BCUT2D eigenvalue weighted by atomic mass is 10.3. The summed E-state index contributed by atoms with van der Waals surface area (Å²) in [4.78, 5) is 0. The summed E-state index contributed by atoms with van der Waals surface area (Å²) >= 11 is 0. The summed E-state index contributed by atoms with van der Waals surface area (Å²) in [5.41, 5.74) is 0. The van der Waals surface area contributed by atoms with E-state index < -0.39 is 0 Å². The fraction of sp³-hybridized carbons (Fsp3) is 0.538. The number of hydrogen-bond donors (Lipinski definition) is 1. The van der Waals surface area contributed by atoms with E-state index in [4.69, 9.17) is 9.47 Å². The molecule has 4 heteroatoms. The maximum atomic E-state index is 12.7. The molecule has 0 saturated heterocycles. The minimum absolute atomic E-state index is 0.0583. The molecule has 3 nitrogen and oxygen atoms in total. The van der Waals surface area contributed by atoms with E-state index in [2.05, 4.69) is 5.32 Å². The highest BCUT2D eigenvalue weighted by atomic mass is 19.1. The van der Waals surface area contributed by atoms with Crippen molar-refractivity contribution in [1.29, 1.82) is 0 Å². The second-order valence-electron chi connectivity index (χ2n) is 3.93. The summed E-state index contributed by atoms with van der Waals surface area (Å²) in [7, 11) is 1.69. The van der Waals surface area contributed by atoms with E-state index in [0.717, 1.165) is 26.1 Å². The van der Waals surface area contributed by atoms with Crippen LogP contribution in [0.1, 0.15) is 13.3 Å². The largest absolute Gasteiger partial charge is 0.489 e. The molecule has 1 atom stereocenters. The van der Waals surface area contributed by atoms with E-state index in [-0.39, 0.29) is 11.9 Å². The normalized spacial score (nSPS) is 12.4.